The van der Waals surface area contributed by atoms with Crippen molar-refractivity contribution in [2.24, 2.45) is 0 Å². The molecule has 2 rings (SSSR count). The van der Waals surface area contributed by atoms with Crippen LogP contribution in [0.25, 0.3) is 0 Å². The molecule has 1 aliphatic heterocycles. The second kappa shape index (κ2) is 7.55. The van der Waals surface area contributed by atoms with Gasteiger partial charge < -0.3 is 10.1 Å². The predicted octanol–water partition coefficient (Wildman–Crippen LogP) is 3.17. The lowest BCUT2D eigenvalue weighted by Gasteiger charge is -2.23. The molecule has 3 nitrogen and oxygen atoms in total. The Labute approximate surface area is 130 Å². The number of nitrogens with zero attached hydrogens (tertiary/aromatic N) is 1. The van der Waals surface area contributed by atoms with Crippen LogP contribution in [0.1, 0.15) is 31.4 Å². The Hall–Kier alpha value is -0.420. The standard InChI is InChI=1S/C16H25BrN2O/c1-12(2)18-9-13-4-5-14(16(17)8-13)10-19(3)15-6-7-20-11-15/h4-5,8,12,15,18H,6-7,9-11H2,1-3H3. The Kier molecular flexibility index (Phi) is 6.02. The number of rotatable bonds is 6. The minimum absolute atomic E-state index is 0.516. The lowest BCUT2D eigenvalue weighted by molar-refractivity contribution is 0.156. The summed E-state index contributed by atoms with van der Waals surface area (Å²) >= 11 is 3.71. The van der Waals surface area contributed by atoms with Gasteiger partial charge in [0.05, 0.1) is 6.61 Å². The van der Waals surface area contributed by atoms with Crippen LogP contribution >= 0.6 is 15.9 Å². The molecule has 0 aliphatic carbocycles. The van der Waals surface area contributed by atoms with E-state index in [4.69, 9.17) is 4.74 Å². The van der Waals surface area contributed by atoms with Crippen LogP contribution in [-0.4, -0.2) is 37.2 Å². The molecule has 1 heterocycles. The van der Waals surface area contributed by atoms with E-state index in [1.54, 1.807) is 0 Å². The van der Waals surface area contributed by atoms with Crippen LogP contribution in [0.4, 0.5) is 0 Å². The van der Waals surface area contributed by atoms with Crippen molar-refractivity contribution in [3.05, 3.63) is 33.8 Å². The molecular weight excluding hydrogens is 316 g/mol. The second-order valence-corrected chi connectivity index (χ2v) is 6.75. The summed E-state index contributed by atoms with van der Waals surface area (Å²) in [4.78, 5) is 2.39. The zero-order chi connectivity index (χ0) is 14.5. The zero-order valence-electron chi connectivity index (χ0n) is 12.7. The minimum atomic E-state index is 0.516. The first-order chi connectivity index (χ1) is 9.56. The summed E-state index contributed by atoms with van der Waals surface area (Å²) in [5.41, 5.74) is 2.66. The van der Waals surface area contributed by atoms with Crippen LogP contribution < -0.4 is 5.32 Å². The van der Waals surface area contributed by atoms with Crippen molar-refractivity contribution in [3.8, 4) is 0 Å². The second-order valence-electron chi connectivity index (χ2n) is 5.89. The highest BCUT2D eigenvalue weighted by atomic mass is 79.9. The van der Waals surface area contributed by atoms with Gasteiger partial charge in [0.15, 0.2) is 0 Å². The van der Waals surface area contributed by atoms with Crippen LogP contribution in [0.5, 0.6) is 0 Å². The third kappa shape index (κ3) is 4.55. The number of hydrogen-bond acceptors (Lipinski definition) is 3. The fraction of sp³-hybridized carbons (Fsp3) is 0.625. The van der Waals surface area contributed by atoms with Crippen molar-refractivity contribution in [1.29, 1.82) is 0 Å². The fourth-order valence-corrected chi connectivity index (χ4v) is 2.97. The Morgan fingerprint density at radius 1 is 1.45 bits per heavy atom. The molecule has 1 unspecified atom stereocenters. The molecule has 0 spiro atoms. The van der Waals surface area contributed by atoms with E-state index in [9.17, 15) is 0 Å². The minimum Gasteiger partial charge on any atom is -0.380 e. The first-order valence-electron chi connectivity index (χ1n) is 7.35. The van der Waals surface area contributed by atoms with Crippen molar-refractivity contribution in [2.75, 3.05) is 20.3 Å². The van der Waals surface area contributed by atoms with Gasteiger partial charge >= 0.3 is 0 Å². The average Bonchev–Trinajstić information content (AvgIpc) is 2.93. The maximum atomic E-state index is 5.46. The summed E-state index contributed by atoms with van der Waals surface area (Å²) in [6.45, 7) is 7.99. The summed E-state index contributed by atoms with van der Waals surface area (Å²) in [7, 11) is 2.18. The SMILES string of the molecule is CC(C)NCc1ccc(CN(C)C2CCOC2)c(Br)c1. The normalized spacial score (nSPS) is 19.2. The highest BCUT2D eigenvalue weighted by Gasteiger charge is 2.20. The molecule has 0 amide bonds. The summed E-state index contributed by atoms with van der Waals surface area (Å²) in [5, 5.41) is 3.45. The molecule has 0 aromatic heterocycles. The highest BCUT2D eigenvalue weighted by Crippen LogP contribution is 2.22. The Morgan fingerprint density at radius 2 is 2.25 bits per heavy atom. The van der Waals surface area contributed by atoms with Crippen molar-refractivity contribution >= 4 is 15.9 Å². The summed E-state index contributed by atoms with van der Waals surface area (Å²) in [5.74, 6) is 0. The third-order valence-corrected chi connectivity index (χ3v) is 4.52. The topological polar surface area (TPSA) is 24.5 Å². The van der Waals surface area contributed by atoms with E-state index in [-0.39, 0.29) is 0 Å². The van der Waals surface area contributed by atoms with E-state index >= 15 is 0 Å². The largest absolute Gasteiger partial charge is 0.380 e. The third-order valence-electron chi connectivity index (χ3n) is 3.78. The monoisotopic (exact) mass is 340 g/mol. The van der Waals surface area contributed by atoms with Gasteiger partial charge in [-0.05, 0) is 30.7 Å². The predicted molar refractivity (Wildman–Crippen MR) is 86.8 cm³/mol. The van der Waals surface area contributed by atoms with E-state index in [2.05, 4.69) is 65.2 Å². The van der Waals surface area contributed by atoms with Gasteiger partial charge in [-0.2, -0.15) is 0 Å². The van der Waals surface area contributed by atoms with Gasteiger partial charge in [0, 0.05) is 36.3 Å². The van der Waals surface area contributed by atoms with E-state index < -0.39 is 0 Å². The first kappa shape index (κ1) is 16.0. The van der Waals surface area contributed by atoms with Crippen LogP contribution in [0, 0.1) is 0 Å². The summed E-state index contributed by atoms with van der Waals surface area (Å²) in [6, 6.07) is 7.75. The van der Waals surface area contributed by atoms with Gasteiger partial charge in [-0.15, -0.1) is 0 Å². The van der Waals surface area contributed by atoms with Crippen LogP contribution in [-0.2, 0) is 17.8 Å². The van der Waals surface area contributed by atoms with Gasteiger partial charge in [0.2, 0.25) is 0 Å². The van der Waals surface area contributed by atoms with Crippen molar-refractivity contribution in [2.45, 2.75) is 45.4 Å². The smallest absolute Gasteiger partial charge is 0.0622 e. The number of benzene rings is 1. The van der Waals surface area contributed by atoms with Gasteiger partial charge in [-0.1, -0.05) is 41.9 Å². The zero-order valence-corrected chi connectivity index (χ0v) is 14.2. The fourth-order valence-electron chi connectivity index (χ4n) is 2.42. The van der Waals surface area contributed by atoms with Crippen LogP contribution in [0.2, 0.25) is 0 Å². The molecule has 1 saturated heterocycles. The van der Waals surface area contributed by atoms with E-state index in [0.29, 0.717) is 12.1 Å². The molecule has 1 fully saturated rings. The molecule has 1 N–H and O–H groups in total. The highest BCUT2D eigenvalue weighted by molar-refractivity contribution is 9.10. The van der Waals surface area contributed by atoms with E-state index in [1.165, 1.54) is 15.6 Å². The number of ether oxygens (including phenoxy) is 1. The maximum absolute atomic E-state index is 5.46. The number of halogens is 1. The number of nitrogens with one attached hydrogen (secondary N) is 1. The van der Waals surface area contributed by atoms with Crippen LogP contribution in [0.15, 0.2) is 22.7 Å². The van der Waals surface area contributed by atoms with Crippen molar-refractivity contribution in [3.63, 3.8) is 0 Å². The van der Waals surface area contributed by atoms with Gasteiger partial charge in [0.1, 0.15) is 0 Å². The van der Waals surface area contributed by atoms with Gasteiger partial charge in [-0.25, -0.2) is 0 Å². The lowest BCUT2D eigenvalue weighted by Crippen LogP contribution is -2.31. The summed E-state index contributed by atoms with van der Waals surface area (Å²) < 4.78 is 6.66. The Bertz CT molecular complexity index is 430. The molecule has 112 valence electrons. The quantitative estimate of drug-likeness (QED) is 0.860. The molecule has 0 saturated carbocycles. The average molecular weight is 341 g/mol. The first-order valence-corrected chi connectivity index (χ1v) is 8.14. The Morgan fingerprint density at radius 3 is 2.85 bits per heavy atom. The van der Waals surface area contributed by atoms with Gasteiger partial charge in [0.25, 0.3) is 0 Å². The Balaban J connectivity index is 1.94. The molecule has 1 atom stereocenters. The molecule has 1 aromatic rings. The summed E-state index contributed by atoms with van der Waals surface area (Å²) in [6.07, 6.45) is 1.14. The molecule has 0 radical (unpaired) electrons. The number of hydrogen-bond donors (Lipinski definition) is 1. The van der Waals surface area contributed by atoms with Gasteiger partial charge in [-0.3, -0.25) is 4.90 Å². The molecule has 4 heteroatoms. The molecule has 0 bridgehead atoms. The number of likely N-dealkylation sites (N-methyl/N-ethyl adjacent to an activating group) is 1. The molecular formula is C16H25BrN2O. The molecule has 1 aromatic carbocycles. The lowest BCUT2D eigenvalue weighted by atomic mass is 10.1. The van der Waals surface area contributed by atoms with Crippen molar-refractivity contribution < 1.29 is 4.74 Å². The van der Waals surface area contributed by atoms with E-state index in [1.807, 2.05) is 0 Å². The van der Waals surface area contributed by atoms with E-state index in [0.717, 1.165) is 32.7 Å². The van der Waals surface area contributed by atoms with Crippen LogP contribution in [0.3, 0.4) is 0 Å². The maximum Gasteiger partial charge on any atom is 0.0622 e. The molecule has 1 aliphatic rings. The van der Waals surface area contributed by atoms with Crippen molar-refractivity contribution in [1.82, 2.24) is 10.2 Å². The molecule has 20 heavy (non-hydrogen) atoms.